The molecule has 1 aliphatic heterocycles. The summed E-state index contributed by atoms with van der Waals surface area (Å²) in [6.45, 7) is 2.50. The highest BCUT2D eigenvalue weighted by Crippen LogP contribution is 2.38. The first-order valence-electron chi connectivity index (χ1n) is 8.64. The zero-order valence-corrected chi connectivity index (χ0v) is 16.2. The van der Waals surface area contributed by atoms with Crippen LogP contribution in [-0.4, -0.2) is 16.8 Å². The molecule has 0 aliphatic carbocycles. The van der Waals surface area contributed by atoms with Crippen molar-refractivity contribution in [3.8, 4) is 0 Å². The van der Waals surface area contributed by atoms with Gasteiger partial charge in [-0.15, -0.1) is 0 Å². The zero-order chi connectivity index (χ0) is 18.6. The van der Waals surface area contributed by atoms with Gasteiger partial charge in [-0.2, -0.15) is 0 Å². The predicted molar refractivity (Wildman–Crippen MR) is 110 cm³/mol. The van der Waals surface area contributed by atoms with Crippen LogP contribution in [0.25, 0.3) is 0 Å². The van der Waals surface area contributed by atoms with E-state index in [1.165, 1.54) is 0 Å². The van der Waals surface area contributed by atoms with E-state index in [1.807, 2.05) is 48.5 Å². The molecule has 1 unspecified atom stereocenters. The third-order valence-electron chi connectivity index (χ3n) is 4.73. The molecule has 6 heteroatoms. The van der Waals surface area contributed by atoms with Crippen LogP contribution < -0.4 is 11.1 Å². The molecule has 0 spiro atoms. The van der Waals surface area contributed by atoms with Crippen LogP contribution in [0.1, 0.15) is 41.3 Å². The lowest BCUT2D eigenvalue weighted by Gasteiger charge is -2.33. The number of benzene rings is 2. The first-order chi connectivity index (χ1) is 12.5. The molecule has 0 radical (unpaired) electrons. The van der Waals surface area contributed by atoms with E-state index in [2.05, 4.69) is 12.2 Å². The number of rotatable bonds is 5. The summed E-state index contributed by atoms with van der Waals surface area (Å²) in [6.07, 6.45) is 1.76. The van der Waals surface area contributed by atoms with Crippen LogP contribution in [0, 0.1) is 0 Å². The van der Waals surface area contributed by atoms with Gasteiger partial charge in [0.15, 0.2) is 5.17 Å². The van der Waals surface area contributed by atoms with Crippen molar-refractivity contribution < 1.29 is 4.79 Å². The second kappa shape index (κ2) is 8.14. The van der Waals surface area contributed by atoms with Gasteiger partial charge in [0.1, 0.15) is 0 Å². The normalized spacial score (nSPS) is 19.7. The van der Waals surface area contributed by atoms with E-state index < -0.39 is 0 Å². The van der Waals surface area contributed by atoms with E-state index in [1.54, 1.807) is 11.8 Å². The lowest BCUT2D eigenvalue weighted by atomic mass is 9.84. The summed E-state index contributed by atoms with van der Waals surface area (Å²) in [7, 11) is 0. The maximum absolute atomic E-state index is 12.6. The SMILES string of the molecule is CCC1(c2cccc(C(=O)NCc3ccccc3Cl)c2)CCSC(N)=N1. The Labute approximate surface area is 163 Å². The number of halogens is 1. The van der Waals surface area contributed by atoms with Crippen LogP contribution in [0.3, 0.4) is 0 Å². The molecule has 1 aliphatic rings. The number of amides is 1. The van der Waals surface area contributed by atoms with E-state index in [4.69, 9.17) is 22.3 Å². The van der Waals surface area contributed by atoms with E-state index in [-0.39, 0.29) is 11.4 Å². The zero-order valence-electron chi connectivity index (χ0n) is 14.7. The Morgan fingerprint density at radius 2 is 2.12 bits per heavy atom. The van der Waals surface area contributed by atoms with Crippen molar-refractivity contribution in [1.82, 2.24) is 5.32 Å². The molecule has 3 rings (SSSR count). The molecule has 0 saturated heterocycles. The molecule has 4 nitrogen and oxygen atoms in total. The molecule has 1 atom stereocenters. The van der Waals surface area contributed by atoms with Crippen LogP contribution >= 0.6 is 23.4 Å². The predicted octanol–water partition coefficient (Wildman–Crippen LogP) is 4.33. The highest BCUT2D eigenvalue weighted by Gasteiger charge is 2.33. The van der Waals surface area contributed by atoms with Crippen LogP contribution in [0.4, 0.5) is 0 Å². The number of hydrogen-bond acceptors (Lipinski definition) is 4. The van der Waals surface area contributed by atoms with Gasteiger partial charge in [-0.25, -0.2) is 0 Å². The summed E-state index contributed by atoms with van der Waals surface area (Å²) in [5.41, 5.74) is 8.18. The van der Waals surface area contributed by atoms with Gasteiger partial charge in [0.25, 0.3) is 5.91 Å². The summed E-state index contributed by atoms with van der Waals surface area (Å²) in [4.78, 5) is 17.3. The number of nitrogens with one attached hydrogen (secondary N) is 1. The van der Waals surface area contributed by atoms with E-state index >= 15 is 0 Å². The fourth-order valence-corrected chi connectivity index (χ4v) is 4.25. The van der Waals surface area contributed by atoms with Crippen molar-refractivity contribution in [2.75, 3.05) is 5.75 Å². The minimum absolute atomic E-state index is 0.125. The van der Waals surface area contributed by atoms with Gasteiger partial charge >= 0.3 is 0 Å². The molecule has 136 valence electrons. The molecule has 2 aromatic carbocycles. The number of nitrogens with two attached hydrogens (primary N) is 1. The van der Waals surface area contributed by atoms with Crippen LogP contribution in [-0.2, 0) is 12.1 Å². The molecule has 0 aromatic heterocycles. The number of nitrogens with zero attached hydrogens (tertiary/aromatic N) is 1. The Bertz CT molecular complexity index is 839. The van der Waals surface area contributed by atoms with Crippen LogP contribution in [0.15, 0.2) is 53.5 Å². The number of carbonyl (C=O) groups is 1. The first kappa shape index (κ1) is 18.8. The number of thioether (sulfide) groups is 1. The van der Waals surface area contributed by atoms with Gasteiger partial charge < -0.3 is 11.1 Å². The standard InChI is InChI=1S/C20H22ClN3OS/c1-2-20(10-11-26-19(22)24-20)16-8-5-7-14(12-16)18(25)23-13-15-6-3-4-9-17(15)21/h3-9,12H,2,10-11,13H2,1H3,(H2,22,24)(H,23,25). The van der Waals surface area contributed by atoms with Crippen molar-refractivity contribution in [2.24, 2.45) is 10.7 Å². The van der Waals surface area contributed by atoms with Crippen molar-refractivity contribution in [1.29, 1.82) is 0 Å². The van der Waals surface area contributed by atoms with E-state index in [0.717, 1.165) is 29.7 Å². The lowest BCUT2D eigenvalue weighted by Crippen LogP contribution is -2.31. The largest absolute Gasteiger partial charge is 0.379 e. The number of amidine groups is 1. The summed E-state index contributed by atoms with van der Waals surface area (Å²) < 4.78 is 0. The molecule has 1 heterocycles. The lowest BCUT2D eigenvalue weighted by molar-refractivity contribution is 0.0950. The monoisotopic (exact) mass is 387 g/mol. The minimum atomic E-state index is -0.339. The first-order valence-corrected chi connectivity index (χ1v) is 10.0. The highest BCUT2D eigenvalue weighted by atomic mass is 35.5. The molecular weight excluding hydrogens is 366 g/mol. The number of aliphatic imine (C=N–C) groups is 1. The summed E-state index contributed by atoms with van der Waals surface area (Å²) >= 11 is 7.74. The van der Waals surface area contributed by atoms with Crippen molar-refractivity contribution in [2.45, 2.75) is 31.8 Å². The van der Waals surface area contributed by atoms with E-state index in [0.29, 0.717) is 22.3 Å². The van der Waals surface area contributed by atoms with Crippen molar-refractivity contribution >= 4 is 34.4 Å². The van der Waals surface area contributed by atoms with Crippen molar-refractivity contribution in [3.05, 3.63) is 70.2 Å². The Balaban J connectivity index is 1.79. The molecule has 0 fully saturated rings. The third kappa shape index (κ3) is 4.05. The topological polar surface area (TPSA) is 67.5 Å². The highest BCUT2D eigenvalue weighted by molar-refractivity contribution is 8.13. The number of carbonyl (C=O) groups excluding carboxylic acids is 1. The molecular formula is C20H22ClN3OS. The molecule has 0 saturated carbocycles. The Hall–Kier alpha value is -1.98. The van der Waals surface area contributed by atoms with Crippen molar-refractivity contribution in [3.63, 3.8) is 0 Å². The maximum atomic E-state index is 12.6. The van der Waals surface area contributed by atoms with Crippen LogP contribution in [0.5, 0.6) is 0 Å². The molecule has 2 aromatic rings. The third-order valence-corrected chi connectivity index (χ3v) is 5.90. The average molecular weight is 388 g/mol. The molecule has 0 bridgehead atoms. The summed E-state index contributed by atoms with van der Waals surface area (Å²) in [5.74, 6) is 0.812. The average Bonchev–Trinajstić information content (AvgIpc) is 2.67. The fourth-order valence-electron chi connectivity index (χ4n) is 3.16. The Kier molecular flexibility index (Phi) is 5.89. The molecule has 26 heavy (non-hydrogen) atoms. The van der Waals surface area contributed by atoms with Gasteiger partial charge in [0, 0.05) is 22.9 Å². The van der Waals surface area contributed by atoms with Gasteiger partial charge in [-0.3, -0.25) is 9.79 Å². The minimum Gasteiger partial charge on any atom is -0.379 e. The van der Waals surface area contributed by atoms with Crippen LogP contribution in [0.2, 0.25) is 5.02 Å². The quantitative estimate of drug-likeness (QED) is 0.802. The van der Waals surface area contributed by atoms with E-state index in [9.17, 15) is 4.79 Å². The Morgan fingerprint density at radius 1 is 1.31 bits per heavy atom. The van der Waals surface area contributed by atoms with Gasteiger partial charge in [-0.05, 0) is 42.2 Å². The summed E-state index contributed by atoms with van der Waals surface area (Å²) in [5, 5.41) is 4.20. The smallest absolute Gasteiger partial charge is 0.251 e. The molecule has 3 N–H and O–H groups in total. The molecule has 1 amide bonds. The van der Waals surface area contributed by atoms with Gasteiger partial charge in [0.2, 0.25) is 0 Å². The number of hydrogen-bond donors (Lipinski definition) is 2. The summed E-state index contributed by atoms with van der Waals surface area (Å²) in [6, 6.07) is 15.2. The second-order valence-corrected chi connectivity index (χ2v) is 7.81. The Morgan fingerprint density at radius 3 is 2.85 bits per heavy atom. The van der Waals surface area contributed by atoms with Gasteiger partial charge in [0.05, 0.1) is 5.54 Å². The maximum Gasteiger partial charge on any atom is 0.251 e. The second-order valence-electron chi connectivity index (χ2n) is 6.29. The fraction of sp³-hybridized carbons (Fsp3) is 0.300. The van der Waals surface area contributed by atoms with Gasteiger partial charge in [-0.1, -0.05) is 60.6 Å².